The zero-order chi connectivity index (χ0) is 14.4. The SMILES string of the molecule is O=C1CCC(C(=O)OCC(=O)Nc2ccccc2)=NN1. The molecule has 0 radical (unpaired) electrons. The monoisotopic (exact) mass is 275 g/mol. The average Bonchev–Trinajstić information content (AvgIpc) is 2.46. The van der Waals surface area contributed by atoms with Gasteiger partial charge in [-0.15, -0.1) is 0 Å². The molecule has 1 aromatic carbocycles. The van der Waals surface area contributed by atoms with Crippen molar-refractivity contribution in [3.63, 3.8) is 0 Å². The quantitative estimate of drug-likeness (QED) is 0.779. The third kappa shape index (κ3) is 3.91. The van der Waals surface area contributed by atoms with Gasteiger partial charge in [0.25, 0.3) is 5.91 Å². The van der Waals surface area contributed by atoms with E-state index in [9.17, 15) is 14.4 Å². The highest BCUT2D eigenvalue weighted by Crippen LogP contribution is 2.05. The molecule has 1 heterocycles. The van der Waals surface area contributed by atoms with Gasteiger partial charge in [-0.3, -0.25) is 9.59 Å². The molecule has 2 N–H and O–H groups in total. The number of nitrogens with one attached hydrogen (secondary N) is 2. The fraction of sp³-hybridized carbons (Fsp3) is 0.231. The maximum absolute atomic E-state index is 11.6. The first kappa shape index (κ1) is 13.7. The predicted molar refractivity (Wildman–Crippen MR) is 70.8 cm³/mol. The fourth-order valence-corrected chi connectivity index (χ4v) is 1.55. The second-order valence-electron chi connectivity index (χ2n) is 4.08. The number of hydrogen-bond donors (Lipinski definition) is 2. The molecule has 104 valence electrons. The van der Waals surface area contributed by atoms with Crippen LogP contribution in [0.15, 0.2) is 35.4 Å². The molecular formula is C13H13N3O4. The van der Waals surface area contributed by atoms with Crippen molar-refractivity contribution in [2.24, 2.45) is 5.10 Å². The van der Waals surface area contributed by atoms with Gasteiger partial charge >= 0.3 is 5.97 Å². The minimum absolute atomic E-state index is 0.108. The number of esters is 1. The Hall–Kier alpha value is -2.70. The second-order valence-corrected chi connectivity index (χ2v) is 4.08. The van der Waals surface area contributed by atoms with Crippen molar-refractivity contribution in [3.05, 3.63) is 30.3 Å². The van der Waals surface area contributed by atoms with E-state index in [1.54, 1.807) is 24.3 Å². The van der Waals surface area contributed by atoms with E-state index in [-0.39, 0.29) is 24.5 Å². The molecule has 1 aromatic rings. The third-order valence-electron chi connectivity index (χ3n) is 2.53. The minimum Gasteiger partial charge on any atom is -0.451 e. The summed E-state index contributed by atoms with van der Waals surface area (Å²) >= 11 is 0. The van der Waals surface area contributed by atoms with E-state index in [2.05, 4.69) is 15.8 Å². The first-order valence-corrected chi connectivity index (χ1v) is 6.02. The number of rotatable bonds is 4. The van der Waals surface area contributed by atoms with Crippen molar-refractivity contribution in [2.75, 3.05) is 11.9 Å². The summed E-state index contributed by atoms with van der Waals surface area (Å²) < 4.78 is 4.82. The first-order valence-electron chi connectivity index (χ1n) is 6.02. The smallest absolute Gasteiger partial charge is 0.355 e. The molecule has 1 aliphatic rings. The molecule has 0 bridgehead atoms. The third-order valence-corrected chi connectivity index (χ3v) is 2.53. The van der Waals surface area contributed by atoms with Crippen LogP contribution in [0.5, 0.6) is 0 Å². The maximum Gasteiger partial charge on any atom is 0.355 e. The summed E-state index contributed by atoms with van der Waals surface area (Å²) in [5.41, 5.74) is 2.92. The van der Waals surface area contributed by atoms with Crippen LogP contribution in [0.1, 0.15) is 12.8 Å². The number of hydrazone groups is 1. The maximum atomic E-state index is 11.6. The Bertz CT molecular complexity index is 554. The zero-order valence-electron chi connectivity index (χ0n) is 10.6. The topological polar surface area (TPSA) is 96.9 Å². The summed E-state index contributed by atoms with van der Waals surface area (Å²) in [6.07, 6.45) is 0.398. The molecule has 0 aromatic heterocycles. The van der Waals surface area contributed by atoms with Crippen molar-refractivity contribution in [2.45, 2.75) is 12.8 Å². The van der Waals surface area contributed by atoms with Gasteiger partial charge in [0.05, 0.1) is 0 Å². The van der Waals surface area contributed by atoms with Crippen molar-refractivity contribution in [1.29, 1.82) is 0 Å². The second kappa shape index (κ2) is 6.46. The van der Waals surface area contributed by atoms with Gasteiger partial charge in [-0.05, 0) is 12.1 Å². The highest BCUT2D eigenvalue weighted by molar-refractivity contribution is 6.37. The van der Waals surface area contributed by atoms with Crippen LogP contribution >= 0.6 is 0 Å². The van der Waals surface area contributed by atoms with Gasteiger partial charge in [0.1, 0.15) is 5.71 Å². The van der Waals surface area contributed by atoms with Gasteiger partial charge in [0.15, 0.2) is 6.61 Å². The highest BCUT2D eigenvalue weighted by Gasteiger charge is 2.20. The van der Waals surface area contributed by atoms with Crippen LogP contribution in [0.4, 0.5) is 5.69 Å². The Kier molecular flexibility index (Phi) is 4.43. The molecule has 0 spiro atoms. The molecule has 0 fully saturated rings. The number of para-hydroxylation sites is 1. The summed E-state index contributed by atoms with van der Waals surface area (Å²) in [7, 11) is 0. The summed E-state index contributed by atoms with van der Waals surface area (Å²) in [5.74, 6) is -1.39. The lowest BCUT2D eigenvalue weighted by molar-refractivity contribution is -0.140. The molecule has 2 rings (SSSR count). The van der Waals surface area contributed by atoms with E-state index in [4.69, 9.17) is 4.74 Å². The lowest BCUT2D eigenvalue weighted by Gasteiger charge is -2.11. The van der Waals surface area contributed by atoms with Crippen molar-refractivity contribution in [3.8, 4) is 0 Å². The molecule has 0 unspecified atom stereocenters. The lowest BCUT2D eigenvalue weighted by Crippen LogP contribution is -2.32. The molecule has 7 heteroatoms. The molecule has 20 heavy (non-hydrogen) atoms. The van der Waals surface area contributed by atoms with Crippen LogP contribution < -0.4 is 10.7 Å². The number of ether oxygens (including phenoxy) is 1. The summed E-state index contributed by atoms with van der Waals surface area (Å²) in [6.45, 7) is -0.402. The molecule has 0 aliphatic carbocycles. The number of nitrogens with zero attached hydrogens (tertiary/aromatic N) is 1. The van der Waals surface area contributed by atoms with Crippen molar-refractivity contribution in [1.82, 2.24) is 5.43 Å². The Morgan fingerprint density at radius 1 is 1.25 bits per heavy atom. The first-order chi connectivity index (χ1) is 9.65. The van der Waals surface area contributed by atoms with Gasteiger partial charge in [-0.1, -0.05) is 18.2 Å². The van der Waals surface area contributed by atoms with Gasteiger partial charge < -0.3 is 10.1 Å². The van der Waals surface area contributed by atoms with Crippen LogP contribution in [0.25, 0.3) is 0 Å². The van der Waals surface area contributed by atoms with E-state index in [1.807, 2.05) is 6.07 Å². The van der Waals surface area contributed by atoms with Crippen molar-refractivity contribution < 1.29 is 19.1 Å². The van der Waals surface area contributed by atoms with Gasteiger partial charge in [0, 0.05) is 18.5 Å². The molecule has 7 nitrogen and oxygen atoms in total. The van der Waals surface area contributed by atoms with Crippen LogP contribution in [-0.4, -0.2) is 30.1 Å². The number of benzene rings is 1. The Balaban J connectivity index is 1.79. The summed E-state index contributed by atoms with van der Waals surface area (Å²) in [4.78, 5) is 34.0. The van der Waals surface area contributed by atoms with Gasteiger partial charge in [-0.25, -0.2) is 10.2 Å². The minimum atomic E-state index is -0.701. The van der Waals surface area contributed by atoms with E-state index in [0.29, 0.717) is 5.69 Å². The zero-order valence-corrected chi connectivity index (χ0v) is 10.6. The van der Waals surface area contributed by atoms with Crippen molar-refractivity contribution >= 4 is 29.2 Å². The summed E-state index contributed by atoms with van der Waals surface area (Å²) in [6, 6.07) is 8.83. The molecular weight excluding hydrogens is 262 g/mol. The predicted octanol–water partition coefficient (Wildman–Crippen LogP) is 0.434. The number of amides is 2. The molecule has 0 saturated carbocycles. The molecule has 0 saturated heterocycles. The number of carbonyl (C=O) groups is 3. The number of anilines is 1. The average molecular weight is 275 g/mol. The normalized spacial score (nSPS) is 14.0. The standard InChI is InChI=1S/C13H13N3O4/c17-11-7-6-10(15-16-11)13(19)20-8-12(18)14-9-4-2-1-3-5-9/h1-5H,6-8H2,(H,14,18)(H,16,17). The summed E-state index contributed by atoms with van der Waals surface area (Å²) in [5, 5.41) is 6.16. The number of carbonyl (C=O) groups excluding carboxylic acids is 3. The van der Waals surface area contributed by atoms with Crippen LogP contribution in [0, 0.1) is 0 Å². The Morgan fingerprint density at radius 3 is 2.65 bits per heavy atom. The van der Waals surface area contributed by atoms with E-state index < -0.39 is 18.5 Å². The van der Waals surface area contributed by atoms with E-state index in [0.717, 1.165) is 0 Å². The van der Waals surface area contributed by atoms with Crippen LogP contribution in [-0.2, 0) is 19.1 Å². The molecule has 2 amide bonds. The largest absolute Gasteiger partial charge is 0.451 e. The Morgan fingerprint density at radius 2 is 2.00 bits per heavy atom. The van der Waals surface area contributed by atoms with E-state index >= 15 is 0 Å². The van der Waals surface area contributed by atoms with Crippen LogP contribution in [0.3, 0.4) is 0 Å². The van der Waals surface area contributed by atoms with Gasteiger partial charge in [-0.2, -0.15) is 5.10 Å². The molecule has 1 aliphatic heterocycles. The van der Waals surface area contributed by atoms with Crippen LogP contribution in [0.2, 0.25) is 0 Å². The number of hydrogen-bond acceptors (Lipinski definition) is 5. The Labute approximate surface area is 115 Å². The van der Waals surface area contributed by atoms with E-state index in [1.165, 1.54) is 0 Å². The van der Waals surface area contributed by atoms with Gasteiger partial charge in [0.2, 0.25) is 5.91 Å². The highest BCUT2D eigenvalue weighted by atomic mass is 16.5. The molecule has 0 atom stereocenters. The fourth-order valence-electron chi connectivity index (χ4n) is 1.55. The lowest BCUT2D eigenvalue weighted by atomic mass is 10.2.